The van der Waals surface area contributed by atoms with Gasteiger partial charge in [-0.2, -0.15) is 9.97 Å². The molecular weight excluding hydrogens is 254 g/mol. The number of nitrogens with two attached hydrogens (primary N) is 1. The smallest absolute Gasteiger partial charge is 0.226 e. The van der Waals surface area contributed by atoms with Crippen LogP contribution in [0.5, 0.6) is 0 Å². The number of imidazole rings is 1. The summed E-state index contributed by atoms with van der Waals surface area (Å²) in [5.74, 6) is 1.13. The third kappa shape index (κ3) is 1.81. The Kier molecular flexibility index (Phi) is 2.83. The lowest BCUT2D eigenvalue weighted by molar-refractivity contribution is -0.0309. The average molecular weight is 268 g/mol. The highest BCUT2D eigenvalue weighted by molar-refractivity contribution is 6.28. The number of fused-ring (bicyclic) bond motifs is 1. The van der Waals surface area contributed by atoms with Gasteiger partial charge in [-0.1, -0.05) is 0 Å². The predicted octanol–water partition coefficient (Wildman–Crippen LogP) is 2.07. The van der Waals surface area contributed by atoms with Gasteiger partial charge >= 0.3 is 0 Å². The van der Waals surface area contributed by atoms with Gasteiger partial charge in [0.1, 0.15) is 12.1 Å². The second-order valence-electron chi connectivity index (χ2n) is 4.40. The number of ether oxygens (including phenoxy) is 1. The van der Waals surface area contributed by atoms with Crippen LogP contribution in [0.1, 0.15) is 31.3 Å². The zero-order chi connectivity index (χ0) is 12.7. The van der Waals surface area contributed by atoms with Crippen LogP contribution in [0.3, 0.4) is 0 Å². The Balaban J connectivity index is 2.18. The summed E-state index contributed by atoms with van der Waals surface area (Å²) in [5.41, 5.74) is 7.06. The molecule has 0 saturated carbocycles. The molecule has 6 nitrogen and oxygen atoms in total. The Morgan fingerprint density at radius 2 is 2.17 bits per heavy atom. The number of nitrogen functional groups attached to an aromatic ring is 1. The summed E-state index contributed by atoms with van der Waals surface area (Å²) in [4.78, 5) is 12.5. The molecule has 1 saturated heterocycles. The molecule has 3 heterocycles. The quantitative estimate of drug-likeness (QED) is 0.800. The van der Waals surface area contributed by atoms with E-state index in [0.29, 0.717) is 17.0 Å². The van der Waals surface area contributed by atoms with Gasteiger partial charge in [-0.15, -0.1) is 0 Å². The maximum absolute atomic E-state index is 5.86. The van der Waals surface area contributed by atoms with Crippen molar-refractivity contribution in [3.63, 3.8) is 0 Å². The standard InChI is InChI=1S/C11H14ClN5O/c1-6-14-8-9(13)15-11(12)16-10(8)17(6)7-4-2-3-5-18-7/h7H,2-5H2,1H3,(H2,13,15,16). The second-order valence-corrected chi connectivity index (χ2v) is 4.74. The fourth-order valence-corrected chi connectivity index (χ4v) is 2.52. The average Bonchev–Trinajstić information content (AvgIpc) is 2.67. The van der Waals surface area contributed by atoms with E-state index in [2.05, 4.69) is 15.0 Å². The van der Waals surface area contributed by atoms with Crippen LogP contribution < -0.4 is 5.73 Å². The summed E-state index contributed by atoms with van der Waals surface area (Å²) >= 11 is 5.86. The van der Waals surface area contributed by atoms with Crippen LogP contribution in [0.15, 0.2) is 0 Å². The van der Waals surface area contributed by atoms with Gasteiger partial charge in [0.2, 0.25) is 5.28 Å². The third-order valence-electron chi connectivity index (χ3n) is 3.16. The van der Waals surface area contributed by atoms with E-state index in [1.807, 2.05) is 11.5 Å². The molecule has 0 bridgehead atoms. The number of anilines is 1. The highest BCUT2D eigenvalue weighted by atomic mass is 35.5. The first-order valence-electron chi connectivity index (χ1n) is 5.96. The molecule has 1 fully saturated rings. The Morgan fingerprint density at radius 1 is 1.33 bits per heavy atom. The SMILES string of the molecule is Cc1nc2c(N)nc(Cl)nc2n1C1CCCCO1. The van der Waals surface area contributed by atoms with Crippen molar-refractivity contribution >= 4 is 28.6 Å². The van der Waals surface area contributed by atoms with Crippen LogP contribution in [0.2, 0.25) is 5.28 Å². The maximum Gasteiger partial charge on any atom is 0.226 e. The molecule has 1 aliphatic heterocycles. The molecule has 18 heavy (non-hydrogen) atoms. The largest absolute Gasteiger partial charge is 0.382 e. The molecule has 96 valence electrons. The number of rotatable bonds is 1. The molecule has 0 spiro atoms. The van der Waals surface area contributed by atoms with Crippen molar-refractivity contribution in [1.82, 2.24) is 19.5 Å². The molecule has 0 amide bonds. The van der Waals surface area contributed by atoms with Crippen LogP contribution in [0, 0.1) is 6.92 Å². The third-order valence-corrected chi connectivity index (χ3v) is 3.33. The lowest BCUT2D eigenvalue weighted by Crippen LogP contribution is -2.19. The van der Waals surface area contributed by atoms with E-state index < -0.39 is 0 Å². The first kappa shape index (κ1) is 11.7. The lowest BCUT2D eigenvalue weighted by atomic mass is 10.2. The van der Waals surface area contributed by atoms with Gasteiger partial charge in [0, 0.05) is 6.61 Å². The summed E-state index contributed by atoms with van der Waals surface area (Å²) in [6, 6.07) is 0. The van der Waals surface area contributed by atoms with E-state index in [9.17, 15) is 0 Å². The molecule has 0 aromatic carbocycles. The fourth-order valence-electron chi connectivity index (χ4n) is 2.35. The van der Waals surface area contributed by atoms with Crippen molar-refractivity contribution < 1.29 is 4.74 Å². The molecule has 2 N–H and O–H groups in total. The molecular formula is C11H14ClN5O. The Morgan fingerprint density at radius 3 is 2.89 bits per heavy atom. The molecule has 7 heteroatoms. The number of aromatic nitrogens is 4. The van der Waals surface area contributed by atoms with E-state index in [0.717, 1.165) is 31.7 Å². The van der Waals surface area contributed by atoms with Crippen LogP contribution in [-0.4, -0.2) is 26.1 Å². The minimum atomic E-state index is -0.0332. The zero-order valence-corrected chi connectivity index (χ0v) is 10.8. The Bertz CT molecular complexity index is 591. The Hall–Kier alpha value is -1.40. The minimum absolute atomic E-state index is 0.0332. The predicted molar refractivity (Wildman–Crippen MR) is 68.3 cm³/mol. The molecule has 0 aliphatic carbocycles. The highest BCUT2D eigenvalue weighted by Crippen LogP contribution is 2.29. The summed E-state index contributed by atoms with van der Waals surface area (Å²) in [5, 5.41) is 0.136. The summed E-state index contributed by atoms with van der Waals surface area (Å²) in [6.45, 7) is 2.67. The monoisotopic (exact) mass is 267 g/mol. The molecule has 1 atom stereocenters. The van der Waals surface area contributed by atoms with E-state index in [1.165, 1.54) is 0 Å². The number of hydrogen-bond acceptors (Lipinski definition) is 5. The fraction of sp³-hybridized carbons (Fsp3) is 0.545. The van der Waals surface area contributed by atoms with E-state index >= 15 is 0 Å². The molecule has 0 radical (unpaired) electrons. The molecule has 1 unspecified atom stereocenters. The van der Waals surface area contributed by atoms with Gasteiger partial charge in [-0.05, 0) is 37.8 Å². The summed E-state index contributed by atoms with van der Waals surface area (Å²) in [6.07, 6.45) is 3.15. The Labute approximate surface area is 109 Å². The van der Waals surface area contributed by atoms with E-state index in [4.69, 9.17) is 22.1 Å². The van der Waals surface area contributed by atoms with Gasteiger partial charge in [0.15, 0.2) is 17.0 Å². The number of nitrogens with zero attached hydrogens (tertiary/aromatic N) is 4. The summed E-state index contributed by atoms with van der Waals surface area (Å²) in [7, 11) is 0. The first-order valence-corrected chi connectivity index (χ1v) is 6.34. The van der Waals surface area contributed by atoms with Crippen molar-refractivity contribution in [3.05, 3.63) is 11.1 Å². The molecule has 3 rings (SSSR count). The number of hydrogen-bond donors (Lipinski definition) is 1. The number of aryl methyl sites for hydroxylation is 1. The van der Waals surface area contributed by atoms with Crippen molar-refractivity contribution in [3.8, 4) is 0 Å². The minimum Gasteiger partial charge on any atom is -0.382 e. The highest BCUT2D eigenvalue weighted by Gasteiger charge is 2.22. The number of halogens is 1. The normalized spacial score (nSPS) is 20.4. The van der Waals surface area contributed by atoms with Gasteiger partial charge in [0.05, 0.1) is 0 Å². The van der Waals surface area contributed by atoms with Crippen LogP contribution in [0.25, 0.3) is 11.2 Å². The van der Waals surface area contributed by atoms with Gasteiger partial charge in [0.25, 0.3) is 0 Å². The van der Waals surface area contributed by atoms with Crippen LogP contribution in [0.4, 0.5) is 5.82 Å². The second kappa shape index (κ2) is 4.37. The topological polar surface area (TPSA) is 78.9 Å². The van der Waals surface area contributed by atoms with Crippen molar-refractivity contribution in [1.29, 1.82) is 0 Å². The lowest BCUT2D eigenvalue weighted by Gasteiger charge is -2.24. The molecule has 2 aromatic rings. The summed E-state index contributed by atoms with van der Waals surface area (Å²) < 4.78 is 7.73. The first-order chi connectivity index (χ1) is 8.66. The molecule has 2 aromatic heterocycles. The van der Waals surface area contributed by atoms with Gasteiger partial charge in [-0.3, -0.25) is 4.57 Å². The molecule has 1 aliphatic rings. The van der Waals surface area contributed by atoms with Gasteiger partial charge in [-0.25, -0.2) is 4.98 Å². The van der Waals surface area contributed by atoms with Crippen molar-refractivity contribution in [2.24, 2.45) is 0 Å². The van der Waals surface area contributed by atoms with Crippen LogP contribution >= 0.6 is 11.6 Å². The van der Waals surface area contributed by atoms with Crippen molar-refractivity contribution in [2.75, 3.05) is 12.3 Å². The van der Waals surface area contributed by atoms with E-state index in [-0.39, 0.29) is 11.5 Å². The van der Waals surface area contributed by atoms with Crippen LogP contribution in [-0.2, 0) is 4.74 Å². The zero-order valence-electron chi connectivity index (χ0n) is 10.1. The van der Waals surface area contributed by atoms with E-state index in [1.54, 1.807) is 0 Å². The maximum atomic E-state index is 5.86. The van der Waals surface area contributed by atoms with Crippen molar-refractivity contribution in [2.45, 2.75) is 32.4 Å². The van der Waals surface area contributed by atoms with Gasteiger partial charge < -0.3 is 10.5 Å².